The molecule has 1 unspecified atom stereocenters. The normalized spacial score (nSPS) is 17.9. The van der Waals surface area contributed by atoms with Crippen LogP contribution in [-0.4, -0.2) is 10.7 Å². The van der Waals surface area contributed by atoms with Crippen molar-refractivity contribution in [1.29, 1.82) is 5.26 Å². The van der Waals surface area contributed by atoms with Gasteiger partial charge in [0.25, 0.3) is 5.69 Å². The summed E-state index contributed by atoms with van der Waals surface area (Å²) in [7, 11) is 0. The minimum Gasteiger partial charge on any atom is -0.489 e. The molecular weight excluding hydrogens is 571 g/mol. The summed E-state index contributed by atoms with van der Waals surface area (Å²) in [4.78, 5) is 27.0. The molecule has 2 N–H and O–H groups in total. The van der Waals surface area contributed by atoms with Crippen LogP contribution >= 0.6 is 11.6 Å². The molecule has 0 fully saturated rings. The highest BCUT2D eigenvalue weighted by Crippen LogP contribution is 2.52. The smallest absolute Gasteiger partial charge is 0.294 e. The van der Waals surface area contributed by atoms with Gasteiger partial charge in [-0.2, -0.15) is 5.26 Å². The van der Waals surface area contributed by atoms with Crippen LogP contribution in [0.2, 0.25) is 5.02 Å². The number of hydrogen-bond acceptors (Lipinski definition) is 7. The standard InChI is InChI=1S/C33H30ClFN4O4/c1-18-11-19(2)24(12-20(18)17-43-23-8-6-22(35)7-9-23)30-25(16-36)32(37)38(26-10-5-21(34)13-27(26)39(41)42)28-14-33(3,4)15-29(40)31(28)30/h5-13,30H,14-15,17,37H2,1-4H3. The predicted molar refractivity (Wildman–Crippen MR) is 162 cm³/mol. The van der Waals surface area contributed by atoms with E-state index in [-0.39, 0.29) is 52.4 Å². The van der Waals surface area contributed by atoms with Crippen molar-refractivity contribution in [2.75, 3.05) is 4.90 Å². The third-order valence-corrected chi connectivity index (χ3v) is 8.23. The van der Waals surface area contributed by atoms with E-state index in [4.69, 9.17) is 22.1 Å². The molecule has 3 aromatic rings. The number of nitro benzene ring substituents is 1. The molecule has 0 bridgehead atoms. The number of hydrogen-bond donors (Lipinski definition) is 1. The molecule has 0 aromatic heterocycles. The van der Waals surface area contributed by atoms with Gasteiger partial charge in [-0.25, -0.2) is 4.39 Å². The Morgan fingerprint density at radius 3 is 2.49 bits per heavy atom. The van der Waals surface area contributed by atoms with Crippen molar-refractivity contribution in [2.24, 2.45) is 11.1 Å². The van der Waals surface area contributed by atoms with Gasteiger partial charge in [-0.05, 0) is 84.3 Å². The molecule has 1 heterocycles. The summed E-state index contributed by atoms with van der Waals surface area (Å²) in [5.41, 5.74) is 10.5. The highest BCUT2D eigenvalue weighted by Gasteiger charge is 2.46. The predicted octanol–water partition coefficient (Wildman–Crippen LogP) is 7.52. The van der Waals surface area contributed by atoms with Crippen LogP contribution < -0.4 is 15.4 Å². The first-order chi connectivity index (χ1) is 20.3. The molecule has 0 saturated carbocycles. The molecule has 8 nitrogen and oxygen atoms in total. The molecule has 43 heavy (non-hydrogen) atoms. The summed E-state index contributed by atoms with van der Waals surface area (Å²) < 4.78 is 19.3. The van der Waals surface area contributed by atoms with Gasteiger partial charge < -0.3 is 10.5 Å². The number of benzene rings is 3. The number of carbonyl (C=O) groups is 1. The number of nitriles is 1. The lowest BCUT2D eigenvalue weighted by molar-refractivity contribution is -0.384. The fourth-order valence-electron chi connectivity index (χ4n) is 6.00. The number of nitro groups is 1. The maximum atomic E-state index is 14.0. The highest BCUT2D eigenvalue weighted by atomic mass is 35.5. The van der Waals surface area contributed by atoms with Gasteiger partial charge in [0, 0.05) is 28.8 Å². The molecule has 0 saturated heterocycles. The van der Waals surface area contributed by atoms with E-state index in [9.17, 15) is 24.6 Å². The summed E-state index contributed by atoms with van der Waals surface area (Å²) >= 11 is 6.11. The molecule has 220 valence electrons. The van der Waals surface area contributed by atoms with Gasteiger partial charge in [0.1, 0.15) is 29.7 Å². The Morgan fingerprint density at radius 1 is 1.14 bits per heavy atom. The second kappa shape index (κ2) is 11.2. The van der Waals surface area contributed by atoms with Crippen molar-refractivity contribution in [3.63, 3.8) is 0 Å². The van der Waals surface area contributed by atoms with E-state index in [0.717, 1.165) is 16.7 Å². The summed E-state index contributed by atoms with van der Waals surface area (Å²) in [5, 5.41) is 22.8. The Morgan fingerprint density at radius 2 is 1.84 bits per heavy atom. The van der Waals surface area contributed by atoms with E-state index in [0.29, 0.717) is 29.0 Å². The number of halogens is 2. The van der Waals surface area contributed by atoms with Crippen LogP contribution in [-0.2, 0) is 11.4 Å². The number of ketones is 1. The van der Waals surface area contributed by atoms with Gasteiger partial charge in [0.05, 0.1) is 22.5 Å². The maximum Gasteiger partial charge on any atom is 0.294 e. The Bertz CT molecular complexity index is 1770. The minimum absolute atomic E-state index is 0.0197. The molecule has 10 heteroatoms. The maximum absolute atomic E-state index is 14.0. The SMILES string of the molecule is Cc1cc(C)c(C2C(C#N)=C(N)N(c3ccc(Cl)cc3[N+](=O)[O-])C3=C2C(=O)CC(C)(C)C3)cc1COc1ccc(F)cc1. The molecule has 2 aliphatic rings. The number of Topliss-reactive ketones (excluding diaryl/α,β-unsaturated/α-hetero) is 1. The largest absolute Gasteiger partial charge is 0.489 e. The fraction of sp³-hybridized carbons (Fsp3) is 0.273. The molecule has 1 aliphatic heterocycles. The number of anilines is 1. The van der Waals surface area contributed by atoms with Gasteiger partial charge >= 0.3 is 0 Å². The first kappa shape index (κ1) is 29.8. The number of aryl methyl sites for hydroxylation is 2. The minimum atomic E-state index is -0.781. The van der Waals surface area contributed by atoms with Crippen LogP contribution in [0.3, 0.4) is 0 Å². The van der Waals surface area contributed by atoms with E-state index in [2.05, 4.69) is 6.07 Å². The van der Waals surface area contributed by atoms with Crippen molar-refractivity contribution in [3.05, 3.63) is 120 Å². The zero-order valence-electron chi connectivity index (χ0n) is 24.2. The first-order valence-corrected chi connectivity index (χ1v) is 14.1. The van der Waals surface area contributed by atoms with E-state index >= 15 is 0 Å². The van der Waals surface area contributed by atoms with Crippen LogP contribution in [0.5, 0.6) is 5.75 Å². The average Bonchev–Trinajstić information content (AvgIpc) is 2.93. The summed E-state index contributed by atoms with van der Waals surface area (Å²) in [6, 6.07) is 16.1. The zero-order chi connectivity index (χ0) is 31.2. The number of nitrogens with zero attached hydrogens (tertiary/aromatic N) is 3. The van der Waals surface area contributed by atoms with E-state index < -0.39 is 16.3 Å². The number of carbonyl (C=O) groups excluding carboxylic acids is 1. The third kappa shape index (κ3) is 5.58. The lowest BCUT2D eigenvalue weighted by Crippen LogP contribution is -2.42. The summed E-state index contributed by atoms with van der Waals surface area (Å²) in [6.07, 6.45) is 0.637. The summed E-state index contributed by atoms with van der Waals surface area (Å²) in [5.74, 6) is -0.781. The second-order valence-corrected chi connectivity index (χ2v) is 12.2. The van der Waals surface area contributed by atoms with E-state index in [1.165, 1.54) is 35.2 Å². The van der Waals surface area contributed by atoms with E-state index in [1.54, 1.807) is 12.1 Å². The van der Waals surface area contributed by atoms with E-state index in [1.807, 2.05) is 39.8 Å². The van der Waals surface area contributed by atoms with Gasteiger partial charge in [0.2, 0.25) is 0 Å². The highest BCUT2D eigenvalue weighted by molar-refractivity contribution is 6.31. The topological polar surface area (TPSA) is 122 Å². The fourth-order valence-corrected chi connectivity index (χ4v) is 6.17. The molecular formula is C33H30ClFN4O4. The van der Waals surface area contributed by atoms with Crippen molar-refractivity contribution in [2.45, 2.75) is 53.1 Å². The first-order valence-electron chi connectivity index (χ1n) is 13.7. The Hall–Kier alpha value is -4.68. The number of rotatable bonds is 6. The molecule has 1 aliphatic carbocycles. The van der Waals surface area contributed by atoms with Crippen molar-refractivity contribution >= 4 is 28.8 Å². The van der Waals surface area contributed by atoms with Gasteiger partial charge in [-0.15, -0.1) is 0 Å². The van der Waals surface area contributed by atoms with Gasteiger partial charge in [-0.3, -0.25) is 19.8 Å². The second-order valence-electron chi connectivity index (χ2n) is 11.7. The summed E-state index contributed by atoms with van der Waals surface area (Å²) in [6.45, 7) is 7.94. The number of nitrogens with two attached hydrogens (primary N) is 1. The Balaban J connectivity index is 1.70. The molecule has 0 spiro atoms. The lowest BCUT2D eigenvalue weighted by Gasteiger charge is -2.43. The Kier molecular flexibility index (Phi) is 7.76. The van der Waals surface area contributed by atoms with Crippen LogP contribution in [0.4, 0.5) is 15.8 Å². The van der Waals surface area contributed by atoms with Gasteiger partial charge in [0.15, 0.2) is 5.78 Å². The molecule has 0 radical (unpaired) electrons. The molecule has 5 rings (SSSR count). The monoisotopic (exact) mass is 600 g/mol. The van der Waals surface area contributed by atoms with Crippen LogP contribution in [0, 0.1) is 46.5 Å². The molecule has 3 aromatic carbocycles. The molecule has 1 atom stereocenters. The van der Waals surface area contributed by atoms with Crippen LogP contribution in [0.25, 0.3) is 0 Å². The van der Waals surface area contributed by atoms with Crippen molar-refractivity contribution < 1.29 is 18.8 Å². The molecule has 0 amide bonds. The van der Waals surface area contributed by atoms with Crippen LogP contribution in [0.15, 0.2) is 77.3 Å². The van der Waals surface area contributed by atoms with Crippen molar-refractivity contribution in [3.8, 4) is 11.8 Å². The average molecular weight is 601 g/mol. The van der Waals surface area contributed by atoms with Crippen LogP contribution in [0.1, 0.15) is 54.9 Å². The van der Waals surface area contributed by atoms with Crippen molar-refractivity contribution in [1.82, 2.24) is 0 Å². The zero-order valence-corrected chi connectivity index (χ0v) is 25.0. The number of ether oxygens (including phenoxy) is 1. The van der Waals surface area contributed by atoms with Gasteiger partial charge in [-0.1, -0.05) is 37.6 Å². The Labute approximate surface area is 254 Å². The quantitative estimate of drug-likeness (QED) is 0.229. The lowest BCUT2D eigenvalue weighted by atomic mass is 9.68. The number of allylic oxidation sites excluding steroid dienone is 3. The third-order valence-electron chi connectivity index (χ3n) is 8.00.